The van der Waals surface area contributed by atoms with Crippen LogP contribution in [0.3, 0.4) is 0 Å². The minimum Gasteiger partial charge on any atom is -0.451 e. The summed E-state index contributed by atoms with van der Waals surface area (Å²) in [5, 5.41) is 2.03. The molecule has 0 atom stereocenters. The Labute approximate surface area is 192 Å². The van der Waals surface area contributed by atoms with Crippen LogP contribution in [0.5, 0.6) is 0 Å². The zero-order chi connectivity index (χ0) is 21.8. The number of hydrogen-bond acceptors (Lipinski definition) is 4. The molecule has 5 nitrogen and oxygen atoms in total. The van der Waals surface area contributed by atoms with Crippen LogP contribution >= 0.6 is 35.0 Å². The number of hydrogen-bond donors (Lipinski definition) is 2. The summed E-state index contributed by atoms with van der Waals surface area (Å²) in [6.07, 6.45) is 0. The molecule has 0 aliphatic heterocycles. The SMILES string of the molecule is O=C(NNC(=O)c1oc2ccccc2c1CSc1ccc(Cl)cc1)c1ccc(Cl)cc1. The van der Waals surface area contributed by atoms with E-state index < -0.39 is 11.8 Å². The van der Waals surface area contributed by atoms with Gasteiger partial charge in [0.15, 0.2) is 5.76 Å². The number of thioether (sulfide) groups is 1. The molecule has 1 heterocycles. The van der Waals surface area contributed by atoms with Crippen molar-refractivity contribution in [2.45, 2.75) is 10.6 Å². The Bertz CT molecular complexity index is 1240. The first-order valence-electron chi connectivity index (χ1n) is 9.26. The smallest absolute Gasteiger partial charge is 0.305 e. The van der Waals surface area contributed by atoms with E-state index in [9.17, 15) is 9.59 Å². The number of halogens is 2. The highest BCUT2D eigenvalue weighted by Gasteiger charge is 2.21. The van der Waals surface area contributed by atoms with Gasteiger partial charge in [-0.25, -0.2) is 0 Å². The Morgan fingerprint density at radius 2 is 1.42 bits per heavy atom. The number of nitrogens with one attached hydrogen (secondary N) is 2. The van der Waals surface area contributed by atoms with Gasteiger partial charge in [-0.05, 0) is 54.6 Å². The fourth-order valence-electron chi connectivity index (χ4n) is 2.96. The molecule has 3 aromatic carbocycles. The predicted octanol–water partition coefficient (Wildman–Crippen LogP) is 6.11. The summed E-state index contributed by atoms with van der Waals surface area (Å²) < 4.78 is 5.81. The highest BCUT2D eigenvalue weighted by molar-refractivity contribution is 7.98. The van der Waals surface area contributed by atoms with Crippen molar-refractivity contribution in [1.82, 2.24) is 10.9 Å². The fraction of sp³-hybridized carbons (Fsp3) is 0.0435. The van der Waals surface area contributed by atoms with Crippen molar-refractivity contribution >= 4 is 57.7 Å². The van der Waals surface area contributed by atoms with Crippen molar-refractivity contribution in [2.75, 3.05) is 0 Å². The molecule has 1 aromatic heterocycles. The molecule has 8 heteroatoms. The average Bonchev–Trinajstić information content (AvgIpc) is 3.16. The van der Waals surface area contributed by atoms with E-state index in [0.717, 1.165) is 15.8 Å². The lowest BCUT2D eigenvalue weighted by Gasteiger charge is -2.08. The molecule has 0 saturated heterocycles. The first kappa shape index (κ1) is 21.3. The Morgan fingerprint density at radius 1 is 0.806 bits per heavy atom. The average molecular weight is 471 g/mol. The van der Waals surface area contributed by atoms with Crippen molar-refractivity contribution in [1.29, 1.82) is 0 Å². The van der Waals surface area contributed by atoms with Gasteiger partial charge in [0.05, 0.1) is 0 Å². The molecular formula is C23H16Cl2N2O3S. The third kappa shape index (κ3) is 5.05. The van der Waals surface area contributed by atoms with Crippen LogP contribution < -0.4 is 10.9 Å². The molecule has 0 unspecified atom stereocenters. The Morgan fingerprint density at radius 3 is 2.13 bits per heavy atom. The highest BCUT2D eigenvalue weighted by atomic mass is 35.5. The molecule has 0 fully saturated rings. The van der Waals surface area contributed by atoms with Crippen LogP contribution in [0, 0.1) is 0 Å². The summed E-state index contributed by atoms with van der Waals surface area (Å²) in [4.78, 5) is 26.1. The maximum Gasteiger partial charge on any atom is 0.305 e. The molecular weight excluding hydrogens is 455 g/mol. The van der Waals surface area contributed by atoms with Crippen LogP contribution in [-0.4, -0.2) is 11.8 Å². The quantitative estimate of drug-likeness (QED) is 0.272. The molecule has 0 saturated carbocycles. The number of rotatable bonds is 5. The second-order valence-electron chi connectivity index (χ2n) is 6.56. The summed E-state index contributed by atoms with van der Waals surface area (Å²) in [6, 6.07) is 21.2. The maximum atomic E-state index is 12.8. The molecule has 4 rings (SSSR count). The fourth-order valence-corrected chi connectivity index (χ4v) is 4.13. The van der Waals surface area contributed by atoms with Gasteiger partial charge >= 0.3 is 5.91 Å². The molecule has 0 spiro atoms. The summed E-state index contributed by atoms with van der Waals surface area (Å²) >= 11 is 13.3. The van der Waals surface area contributed by atoms with Crippen LogP contribution in [0.2, 0.25) is 10.0 Å². The largest absolute Gasteiger partial charge is 0.451 e. The van der Waals surface area contributed by atoms with Crippen molar-refractivity contribution in [2.24, 2.45) is 0 Å². The Kier molecular flexibility index (Phi) is 6.51. The number of furan rings is 1. The zero-order valence-electron chi connectivity index (χ0n) is 16.0. The van der Waals surface area contributed by atoms with Gasteiger partial charge in [-0.15, -0.1) is 11.8 Å². The summed E-state index contributed by atoms with van der Waals surface area (Å²) in [5.74, 6) is -0.338. The lowest BCUT2D eigenvalue weighted by molar-refractivity contribution is 0.0831. The standard InChI is InChI=1S/C23H16Cl2N2O3S/c24-15-7-5-14(6-8-15)22(28)26-27-23(29)21-19(18-3-1-2-4-20(18)30-21)13-31-17-11-9-16(25)10-12-17/h1-12H,13H2,(H,26,28)(H,27,29). The Hall–Kier alpha value is -2.93. The molecule has 0 bridgehead atoms. The molecule has 4 aromatic rings. The number of carbonyl (C=O) groups is 2. The van der Waals surface area contributed by atoms with E-state index in [-0.39, 0.29) is 5.76 Å². The van der Waals surface area contributed by atoms with E-state index in [1.165, 1.54) is 0 Å². The molecule has 31 heavy (non-hydrogen) atoms. The van der Waals surface area contributed by atoms with Gasteiger partial charge in [0.1, 0.15) is 5.58 Å². The first-order chi connectivity index (χ1) is 15.0. The summed E-state index contributed by atoms with van der Waals surface area (Å²) in [7, 11) is 0. The molecule has 0 aliphatic rings. The van der Waals surface area contributed by atoms with Crippen LogP contribution in [0.4, 0.5) is 0 Å². The normalized spacial score (nSPS) is 10.8. The van der Waals surface area contributed by atoms with Crippen molar-refractivity contribution < 1.29 is 14.0 Å². The van der Waals surface area contributed by atoms with Gasteiger partial charge < -0.3 is 4.42 Å². The third-order valence-electron chi connectivity index (χ3n) is 4.50. The van der Waals surface area contributed by atoms with E-state index in [4.69, 9.17) is 27.6 Å². The maximum absolute atomic E-state index is 12.8. The van der Waals surface area contributed by atoms with Crippen molar-refractivity contribution in [3.63, 3.8) is 0 Å². The van der Waals surface area contributed by atoms with Gasteiger partial charge in [-0.3, -0.25) is 20.4 Å². The van der Waals surface area contributed by atoms with Crippen molar-refractivity contribution in [3.8, 4) is 0 Å². The summed E-state index contributed by atoms with van der Waals surface area (Å²) in [5.41, 5.74) is 6.55. The molecule has 0 aliphatic carbocycles. The topological polar surface area (TPSA) is 71.3 Å². The first-order valence-corrected chi connectivity index (χ1v) is 11.0. The van der Waals surface area contributed by atoms with Crippen molar-refractivity contribution in [3.05, 3.63) is 99.7 Å². The number of carbonyl (C=O) groups excluding carboxylic acids is 2. The van der Waals surface area contributed by atoms with Crippen LogP contribution in [-0.2, 0) is 5.75 Å². The van der Waals surface area contributed by atoms with Crippen LogP contribution in [0.25, 0.3) is 11.0 Å². The number of fused-ring (bicyclic) bond motifs is 1. The third-order valence-corrected chi connectivity index (χ3v) is 6.04. The number of para-hydroxylation sites is 1. The van der Waals surface area contributed by atoms with E-state index >= 15 is 0 Å². The molecule has 2 amide bonds. The number of benzene rings is 3. The lowest BCUT2D eigenvalue weighted by Crippen LogP contribution is -2.41. The molecule has 0 radical (unpaired) electrons. The van der Waals surface area contributed by atoms with Gasteiger partial charge in [0.2, 0.25) is 0 Å². The number of amides is 2. The van der Waals surface area contributed by atoms with Gasteiger partial charge in [0.25, 0.3) is 5.91 Å². The minimum absolute atomic E-state index is 0.152. The van der Waals surface area contributed by atoms with Gasteiger partial charge in [-0.2, -0.15) is 0 Å². The number of hydrazine groups is 1. The minimum atomic E-state index is -0.537. The summed E-state index contributed by atoms with van der Waals surface area (Å²) in [6.45, 7) is 0. The second-order valence-corrected chi connectivity index (χ2v) is 8.49. The lowest BCUT2D eigenvalue weighted by atomic mass is 10.1. The van der Waals surface area contributed by atoms with E-state index in [0.29, 0.717) is 26.9 Å². The molecule has 2 N–H and O–H groups in total. The van der Waals surface area contributed by atoms with Crippen LogP contribution in [0.15, 0.2) is 82.1 Å². The Balaban J connectivity index is 1.52. The van der Waals surface area contributed by atoms with Gasteiger partial charge in [-0.1, -0.05) is 41.4 Å². The van der Waals surface area contributed by atoms with E-state index in [1.807, 2.05) is 42.5 Å². The zero-order valence-corrected chi connectivity index (χ0v) is 18.4. The monoisotopic (exact) mass is 470 g/mol. The second kappa shape index (κ2) is 9.47. The highest BCUT2D eigenvalue weighted by Crippen LogP contribution is 2.32. The van der Waals surface area contributed by atoms with Gasteiger partial charge in [0, 0.05) is 37.2 Å². The van der Waals surface area contributed by atoms with E-state index in [1.54, 1.807) is 42.1 Å². The molecule has 156 valence electrons. The van der Waals surface area contributed by atoms with E-state index in [2.05, 4.69) is 10.9 Å². The predicted molar refractivity (Wildman–Crippen MR) is 124 cm³/mol. The van der Waals surface area contributed by atoms with Crippen LogP contribution in [0.1, 0.15) is 26.5 Å².